The van der Waals surface area contributed by atoms with Gasteiger partial charge in [-0.15, -0.1) is 10.2 Å². The number of benzene rings is 2. The minimum atomic E-state index is -0.475. The average Bonchev–Trinajstić information content (AvgIpc) is 3.12. The predicted molar refractivity (Wildman–Crippen MR) is 107 cm³/mol. The van der Waals surface area contributed by atoms with E-state index in [-0.39, 0.29) is 17.3 Å². The number of amides is 1. The summed E-state index contributed by atoms with van der Waals surface area (Å²) in [4.78, 5) is 12.1. The highest BCUT2D eigenvalue weighted by Gasteiger charge is 2.12. The first-order chi connectivity index (χ1) is 13.6. The van der Waals surface area contributed by atoms with Gasteiger partial charge in [-0.2, -0.15) is 9.61 Å². The molecule has 0 fully saturated rings. The van der Waals surface area contributed by atoms with Gasteiger partial charge in [0.05, 0.1) is 11.4 Å². The maximum atomic E-state index is 13.6. The first-order valence-electron chi connectivity index (χ1n) is 8.26. The fourth-order valence-electron chi connectivity index (χ4n) is 2.52. The molecule has 2 heterocycles. The largest absolute Gasteiger partial charge is 0.323 e. The standard InChI is InChI=1S/C19H13ClFN5OS/c20-13-7-5-12(6-8-13)19-24-23-16-9-10-18(25-26(16)19)28-11-17(27)22-15-4-2-1-3-14(15)21/h1-10H,11H2,(H,22,27). The van der Waals surface area contributed by atoms with Gasteiger partial charge in [0.2, 0.25) is 5.91 Å². The molecular weight excluding hydrogens is 401 g/mol. The fourth-order valence-corrected chi connectivity index (χ4v) is 3.30. The number of anilines is 1. The maximum absolute atomic E-state index is 13.6. The Bertz CT molecular complexity index is 1150. The van der Waals surface area contributed by atoms with Crippen molar-refractivity contribution in [2.24, 2.45) is 0 Å². The van der Waals surface area contributed by atoms with Crippen molar-refractivity contribution in [1.82, 2.24) is 19.8 Å². The highest BCUT2D eigenvalue weighted by molar-refractivity contribution is 7.99. The normalized spacial score (nSPS) is 10.9. The zero-order valence-corrected chi connectivity index (χ0v) is 15.9. The number of aromatic nitrogens is 4. The third kappa shape index (κ3) is 3.97. The summed E-state index contributed by atoms with van der Waals surface area (Å²) in [5.41, 5.74) is 1.56. The lowest BCUT2D eigenvalue weighted by molar-refractivity contribution is -0.113. The molecule has 28 heavy (non-hydrogen) atoms. The van der Waals surface area contributed by atoms with Crippen molar-refractivity contribution in [3.8, 4) is 11.4 Å². The molecule has 0 radical (unpaired) electrons. The first kappa shape index (κ1) is 18.4. The molecule has 1 amide bonds. The van der Waals surface area contributed by atoms with E-state index in [1.165, 1.54) is 23.9 Å². The molecular formula is C19H13ClFN5OS. The molecule has 0 aliphatic heterocycles. The molecule has 2 aromatic carbocycles. The Labute approximate surface area is 168 Å². The van der Waals surface area contributed by atoms with Gasteiger partial charge in [0, 0.05) is 10.6 Å². The van der Waals surface area contributed by atoms with E-state index in [2.05, 4.69) is 20.6 Å². The van der Waals surface area contributed by atoms with E-state index in [1.54, 1.807) is 40.9 Å². The van der Waals surface area contributed by atoms with Crippen LogP contribution in [0.4, 0.5) is 10.1 Å². The molecule has 0 unspecified atom stereocenters. The lowest BCUT2D eigenvalue weighted by Crippen LogP contribution is -2.15. The van der Waals surface area contributed by atoms with Crippen molar-refractivity contribution >= 4 is 40.6 Å². The zero-order chi connectivity index (χ0) is 19.5. The fraction of sp³-hybridized carbons (Fsp3) is 0.0526. The summed E-state index contributed by atoms with van der Waals surface area (Å²) in [6.45, 7) is 0. The van der Waals surface area contributed by atoms with Crippen LogP contribution in [0.5, 0.6) is 0 Å². The summed E-state index contributed by atoms with van der Waals surface area (Å²) in [6, 6.07) is 16.8. The second kappa shape index (κ2) is 7.95. The molecule has 6 nitrogen and oxygen atoms in total. The molecule has 4 aromatic rings. The van der Waals surface area contributed by atoms with Gasteiger partial charge in [0.25, 0.3) is 0 Å². The highest BCUT2D eigenvalue weighted by Crippen LogP contribution is 2.22. The second-order valence-corrected chi connectivity index (χ2v) is 7.22. The van der Waals surface area contributed by atoms with E-state index in [1.807, 2.05) is 12.1 Å². The van der Waals surface area contributed by atoms with Gasteiger partial charge >= 0.3 is 0 Å². The van der Waals surface area contributed by atoms with Gasteiger partial charge < -0.3 is 5.32 Å². The summed E-state index contributed by atoms with van der Waals surface area (Å²) in [5, 5.41) is 16.6. The van der Waals surface area contributed by atoms with E-state index >= 15 is 0 Å². The van der Waals surface area contributed by atoms with Crippen LogP contribution >= 0.6 is 23.4 Å². The number of nitrogens with zero attached hydrogens (tertiary/aromatic N) is 4. The Morgan fingerprint density at radius 3 is 2.64 bits per heavy atom. The van der Waals surface area contributed by atoms with Gasteiger partial charge in [-0.25, -0.2) is 4.39 Å². The summed E-state index contributed by atoms with van der Waals surface area (Å²) >= 11 is 7.17. The van der Waals surface area contributed by atoms with Crippen molar-refractivity contribution in [2.45, 2.75) is 5.03 Å². The van der Waals surface area contributed by atoms with E-state index < -0.39 is 5.82 Å². The number of carbonyl (C=O) groups is 1. The lowest BCUT2D eigenvalue weighted by Gasteiger charge is -2.06. The van der Waals surface area contributed by atoms with Crippen LogP contribution in [0, 0.1) is 5.82 Å². The van der Waals surface area contributed by atoms with E-state index in [4.69, 9.17) is 11.6 Å². The summed E-state index contributed by atoms with van der Waals surface area (Å²) in [5.74, 6) is -0.133. The van der Waals surface area contributed by atoms with Crippen LogP contribution in [-0.4, -0.2) is 31.5 Å². The molecule has 9 heteroatoms. The van der Waals surface area contributed by atoms with Gasteiger partial charge in [-0.3, -0.25) is 4.79 Å². The van der Waals surface area contributed by atoms with Gasteiger partial charge in [0.1, 0.15) is 10.8 Å². The zero-order valence-electron chi connectivity index (χ0n) is 14.3. The van der Waals surface area contributed by atoms with Gasteiger partial charge in [-0.05, 0) is 48.5 Å². The Morgan fingerprint density at radius 1 is 1.07 bits per heavy atom. The molecule has 0 spiro atoms. The molecule has 2 aromatic heterocycles. The summed E-state index contributed by atoms with van der Waals surface area (Å²) in [6.07, 6.45) is 0. The number of carbonyl (C=O) groups excluding carboxylic acids is 1. The van der Waals surface area contributed by atoms with Crippen LogP contribution in [-0.2, 0) is 4.79 Å². The van der Waals surface area contributed by atoms with Crippen LogP contribution < -0.4 is 5.32 Å². The Morgan fingerprint density at radius 2 is 1.86 bits per heavy atom. The predicted octanol–water partition coefficient (Wildman–Crippen LogP) is 4.31. The SMILES string of the molecule is O=C(CSc1ccc2nnc(-c3ccc(Cl)cc3)n2n1)Nc1ccccc1F. The molecule has 0 aliphatic rings. The van der Waals surface area contributed by atoms with Crippen molar-refractivity contribution in [2.75, 3.05) is 11.1 Å². The van der Waals surface area contributed by atoms with E-state index in [0.717, 1.165) is 5.56 Å². The van der Waals surface area contributed by atoms with Crippen molar-refractivity contribution in [3.05, 3.63) is 71.5 Å². The molecule has 4 rings (SSSR count). The third-order valence-corrected chi connectivity index (χ3v) is 5.01. The number of para-hydroxylation sites is 1. The van der Waals surface area contributed by atoms with Crippen LogP contribution in [0.2, 0.25) is 5.02 Å². The smallest absolute Gasteiger partial charge is 0.234 e. The first-order valence-corrected chi connectivity index (χ1v) is 9.62. The monoisotopic (exact) mass is 413 g/mol. The highest BCUT2D eigenvalue weighted by atomic mass is 35.5. The third-order valence-electron chi connectivity index (χ3n) is 3.84. The number of nitrogens with one attached hydrogen (secondary N) is 1. The van der Waals surface area contributed by atoms with E-state index in [0.29, 0.717) is 21.5 Å². The molecule has 0 saturated carbocycles. The molecule has 0 bridgehead atoms. The minimum Gasteiger partial charge on any atom is -0.323 e. The van der Waals surface area contributed by atoms with Crippen LogP contribution in [0.15, 0.2) is 65.7 Å². The Kier molecular flexibility index (Phi) is 5.23. The van der Waals surface area contributed by atoms with Crippen LogP contribution in [0.1, 0.15) is 0 Å². The number of hydrogen-bond donors (Lipinski definition) is 1. The van der Waals surface area contributed by atoms with Crippen molar-refractivity contribution < 1.29 is 9.18 Å². The number of halogens is 2. The summed E-state index contributed by atoms with van der Waals surface area (Å²) < 4.78 is 15.2. The number of thioether (sulfide) groups is 1. The van der Waals surface area contributed by atoms with Gasteiger partial charge in [-0.1, -0.05) is 35.5 Å². The van der Waals surface area contributed by atoms with Gasteiger partial charge in [0.15, 0.2) is 11.5 Å². The number of rotatable bonds is 5. The maximum Gasteiger partial charge on any atom is 0.234 e. The van der Waals surface area contributed by atoms with Crippen molar-refractivity contribution in [1.29, 1.82) is 0 Å². The van der Waals surface area contributed by atoms with Crippen LogP contribution in [0.3, 0.4) is 0 Å². The minimum absolute atomic E-state index is 0.0885. The van der Waals surface area contributed by atoms with Crippen molar-refractivity contribution in [3.63, 3.8) is 0 Å². The summed E-state index contributed by atoms with van der Waals surface area (Å²) in [7, 11) is 0. The molecule has 0 aliphatic carbocycles. The lowest BCUT2D eigenvalue weighted by atomic mass is 10.2. The average molecular weight is 414 g/mol. The molecule has 140 valence electrons. The van der Waals surface area contributed by atoms with Crippen LogP contribution in [0.25, 0.3) is 17.0 Å². The Balaban J connectivity index is 1.50. The molecule has 1 N–H and O–H groups in total. The molecule has 0 saturated heterocycles. The van der Waals surface area contributed by atoms with E-state index in [9.17, 15) is 9.18 Å². The second-order valence-electron chi connectivity index (χ2n) is 5.79. The number of hydrogen-bond acceptors (Lipinski definition) is 5. The Hall–Kier alpha value is -2.97. The number of fused-ring (bicyclic) bond motifs is 1. The quantitative estimate of drug-likeness (QED) is 0.493. The molecule has 0 atom stereocenters. The topological polar surface area (TPSA) is 72.2 Å².